The zero-order chi connectivity index (χ0) is 21.0. The first kappa shape index (κ1) is 21.2. The highest BCUT2D eigenvalue weighted by molar-refractivity contribution is 7.89. The Bertz CT molecular complexity index is 1110. The number of nitrogens with two attached hydrogens (primary N) is 1. The number of nitrogens with zero attached hydrogens (tertiary/aromatic N) is 1. The van der Waals surface area contributed by atoms with Crippen LogP contribution in [0.4, 0.5) is 0 Å². The number of thiophene rings is 1. The second kappa shape index (κ2) is 8.87. The fraction of sp³-hybridized carbons (Fsp3) is 0.190. The van der Waals surface area contributed by atoms with E-state index in [-0.39, 0.29) is 17.2 Å². The fourth-order valence-corrected chi connectivity index (χ4v) is 5.07. The van der Waals surface area contributed by atoms with E-state index in [0.717, 1.165) is 21.6 Å². The molecule has 0 atom stereocenters. The molecule has 152 valence electrons. The van der Waals surface area contributed by atoms with E-state index in [9.17, 15) is 18.4 Å². The predicted molar refractivity (Wildman–Crippen MR) is 114 cm³/mol. The second-order valence-corrected chi connectivity index (χ2v) is 9.12. The highest BCUT2D eigenvalue weighted by atomic mass is 32.2. The van der Waals surface area contributed by atoms with Crippen LogP contribution in [0.2, 0.25) is 0 Å². The average Bonchev–Trinajstić information content (AvgIpc) is 3.11. The van der Waals surface area contributed by atoms with Gasteiger partial charge in [0.05, 0.1) is 4.90 Å². The molecule has 2 aromatic carbocycles. The van der Waals surface area contributed by atoms with Gasteiger partial charge in [0.25, 0.3) is 0 Å². The number of carbonyl (C=O) groups is 1. The minimum absolute atomic E-state index is 0.0821. The maximum Gasteiger partial charge on any atom is 0.245 e. The van der Waals surface area contributed by atoms with Crippen molar-refractivity contribution in [3.05, 3.63) is 64.9 Å². The average molecular weight is 431 g/mol. The molecule has 0 spiro atoms. The number of rotatable bonds is 7. The van der Waals surface area contributed by atoms with Crippen LogP contribution >= 0.6 is 11.3 Å². The molecule has 0 saturated carbocycles. The molecule has 0 unspecified atom stereocenters. The molecule has 3 N–H and O–H groups in total. The topological polar surface area (TPSA) is 101 Å². The summed E-state index contributed by atoms with van der Waals surface area (Å²) in [7, 11) is -2.57. The first-order valence-electron chi connectivity index (χ1n) is 9.02. The number of sulfonamides is 1. The quantitative estimate of drug-likeness (QED) is 0.438. The lowest BCUT2D eigenvalue weighted by Crippen LogP contribution is -2.22. The molecule has 0 aliphatic carbocycles. The summed E-state index contributed by atoms with van der Waals surface area (Å²) in [6.45, 7) is 0. The van der Waals surface area contributed by atoms with Gasteiger partial charge in [0.15, 0.2) is 0 Å². The molecule has 0 saturated heterocycles. The molecule has 1 heterocycles. The zero-order valence-electron chi connectivity index (χ0n) is 15.9. The van der Waals surface area contributed by atoms with Gasteiger partial charge in [-0.25, -0.2) is 18.6 Å². The second-order valence-electron chi connectivity index (χ2n) is 6.63. The number of carbonyl (C=O) groups excluding carboxylic acids is 1. The van der Waals surface area contributed by atoms with Gasteiger partial charge in [0, 0.05) is 35.0 Å². The zero-order valence-corrected chi connectivity index (χ0v) is 17.5. The van der Waals surface area contributed by atoms with Crippen molar-refractivity contribution in [2.45, 2.75) is 24.2 Å². The third-order valence-corrected chi connectivity index (χ3v) is 6.58. The number of amides is 1. The van der Waals surface area contributed by atoms with Crippen molar-refractivity contribution in [2.75, 3.05) is 7.05 Å². The van der Waals surface area contributed by atoms with Crippen molar-refractivity contribution in [2.24, 2.45) is 5.14 Å². The van der Waals surface area contributed by atoms with E-state index in [1.165, 1.54) is 24.5 Å². The Balaban J connectivity index is 2.06. The number of benzene rings is 2. The first-order valence-corrected chi connectivity index (χ1v) is 11.4. The first-order chi connectivity index (χ1) is 13.8. The molecule has 1 amide bonds. The van der Waals surface area contributed by atoms with Gasteiger partial charge in [-0.05, 0) is 29.9 Å². The highest BCUT2D eigenvalue weighted by Gasteiger charge is 2.21. The Labute approximate surface area is 174 Å². The van der Waals surface area contributed by atoms with Crippen LogP contribution in [0.25, 0.3) is 22.3 Å². The van der Waals surface area contributed by atoms with E-state index < -0.39 is 10.0 Å². The minimum atomic E-state index is -3.88. The maximum atomic E-state index is 12.1. The number of primary sulfonamides is 1. The molecule has 29 heavy (non-hydrogen) atoms. The van der Waals surface area contributed by atoms with Crippen LogP contribution < -0.4 is 5.14 Å². The van der Waals surface area contributed by atoms with Crippen molar-refractivity contribution in [1.82, 2.24) is 5.06 Å². The molecule has 1 aromatic heterocycles. The van der Waals surface area contributed by atoms with Gasteiger partial charge in [-0.2, -0.15) is 0 Å². The number of hydrogen-bond acceptors (Lipinski definition) is 5. The number of aryl methyl sites for hydroxylation is 1. The van der Waals surface area contributed by atoms with Gasteiger partial charge in [0.2, 0.25) is 15.9 Å². The van der Waals surface area contributed by atoms with E-state index in [1.54, 1.807) is 18.2 Å². The fourth-order valence-electron chi connectivity index (χ4n) is 3.20. The van der Waals surface area contributed by atoms with Crippen molar-refractivity contribution in [1.29, 1.82) is 0 Å². The van der Waals surface area contributed by atoms with Crippen molar-refractivity contribution in [3.63, 3.8) is 0 Å². The lowest BCUT2D eigenvalue weighted by atomic mass is 9.95. The Kier molecular flexibility index (Phi) is 6.49. The van der Waals surface area contributed by atoms with Gasteiger partial charge >= 0.3 is 0 Å². The van der Waals surface area contributed by atoms with Crippen LogP contribution in [-0.2, 0) is 21.2 Å². The van der Waals surface area contributed by atoms with E-state index >= 15 is 0 Å². The minimum Gasteiger partial charge on any atom is -0.286 e. The lowest BCUT2D eigenvalue weighted by molar-refractivity contribution is -0.159. The summed E-state index contributed by atoms with van der Waals surface area (Å²) >= 11 is 1.52. The largest absolute Gasteiger partial charge is 0.286 e. The number of hydrogen-bond donors (Lipinski definition) is 2. The Morgan fingerprint density at radius 1 is 1.07 bits per heavy atom. The summed E-state index contributed by atoms with van der Waals surface area (Å²) < 4.78 is 24.2. The monoisotopic (exact) mass is 430 g/mol. The van der Waals surface area contributed by atoms with Gasteiger partial charge < -0.3 is 0 Å². The van der Waals surface area contributed by atoms with E-state index in [1.807, 2.05) is 35.7 Å². The Morgan fingerprint density at radius 3 is 2.38 bits per heavy atom. The standard InChI is InChI=1S/C21H22N2O4S2/c1-23(25)20(24)13-7-11-18-21(15-8-3-2-4-9-15)17(14-28-18)16-10-5-6-12-19(16)29(22,26)27/h2-6,8-10,12,14,25H,7,11,13H2,1H3,(H2,22,26,27). The summed E-state index contributed by atoms with van der Waals surface area (Å²) in [5, 5.41) is 17.2. The van der Waals surface area contributed by atoms with Crippen LogP contribution in [0.5, 0.6) is 0 Å². The van der Waals surface area contributed by atoms with Crippen molar-refractivity contribution < 1.29 is 18.4 Å². The van der Waals surface area contributed by atoms with Gasteiger partial charge in [-0.15, -0.1) is 11.3 Å². The molecule has 3 aromatic rings. The molecule has 8 heteroatoms. The molecule has 0 aliphatic heterocycles. The van der Waals surface area contributed by atoms with Gasteiger partial charge in [-0.3, -0.25) is 10.0 Å². The third-order valence-electron chi connectivity index (χ3n) is 4.57. The van der Waals surface area contributed by atoms with E-state index in [0.29, 0.717) is 23.5 Å². The molecule has 0 bridgehead atoms. The molecular weight excluding hydrogens is 408 g/mol. The third kappa shape index (κ3) is 4.91. The molecule has 3 rings (SSSR count). The molecule has 0 fully saturated rings. The lowest BCUT2D eigenvalue weighted by Gasteiger charge is -2.12. The van der Waals surface area contributed by atoms with Gasteiger partial charge in [0.1, 0.15) is 0 Å². The van der Waals surface area contributed by atoms with E-state index in [2.05, 4.69) is 0 Å². The summed E-state index contributed by atoms with van der Waals surface area (Å²) in [5.41, 5.74) is 3.26. The number of hydroxylamine groups is 2. The molecule has 0 radical (unpaired) electrons. The molecular formula is C21H22N2O4S2. The summed E-state index contributed by atoms with van der Waals surface area (Å²) in [6.07, 6.45) is 1.43. The molecule has 6 nitrogen and oxygen atoms in total. The van der Waals surface area contributed by atoms with E-state index in [4.69, 9.17) is 5.14 Å². The summed E-state index contributed by atoms with van der Waals surface area (Å²) in [6, 6.07) is 16.4. The van der Waals surface area contributed by atoms with Crippen LogP contribution in [0.1, 0.15) is 17.7 Å². The van der Waals surface area contributed by atoms with Crippen LogP contribution in [0.3, 0.4) is 0 Å². The van der Waals surface area contributed by atoms with Crippen molar-refractivity contribution >= 4 is 27.3 Å². The summed E-state index contributed by atoms with van der Waals surface area (Å²) in [5.74, 6) is -0.345. The van der Waals surface area contributed by atoms with Crippen LogP contribution in [0.15, 0.2) is 64.9 Å². The predicted octanol–water partition coefficient (Wildman–Crippen LogP) is 3.90. The summed E-state index contributed by atoms with van der Waals surface area (Å²) in [4.78, 5) is 12.8. The molecule has 0 aliphatic rings. The van der Waals surface area contributed by atoms with Crippen molar-refractivity contribution in [3.8, 4) is 22.3 Å². The Morgan fingerprint density at radius 2 is 1.72 bits per heavy atom. The van der Waals surface area contributed by atoms with Crippen LogP contribution in [-0.4, -0.2) is 31.6 Å². The Hall–Kier alpha value is -2.52. The highest BCUT2D eigenvalue weighted by Crippen LogP contribution is 2.42. The maximum absolute atomic E-state index is 12.1. The SMILES string of the molecule is CN(O)C(=O)CCCc1scc(-c2ccccc2S(N)(=O)=O)c1-c1ccccc1. The van der Waals surface area contributed by atoms with Crippen LogP contribution in [0, 0.1) is 0 Å². The normalized spacial score (nSPS) is 11.4. The van der Waals surface area contributed by atoms with Gasteiger partial charge in [-0.1, -0.05) is 48.5 Å². The smallest absolute Gasteiger partial charge is 0.245 e.